The minimum absolute atomic E-state index is 0.0962. The maximum absolute atomic E-state index is 11.3. The number of halogens is 2. The van der Waals surface area contributed by atoms with E-state index in [-0.39, 0.29) is 5.91 Å². The van der Waals surface area contributed by atoms with Crippen LogP contribution in [0.3, 0.4) is 0 Å². The third-order valence-corrected chi connectivity index (χ3v) is 3.27. The molecule has 0 atom stereocenters. The zero-order valence-electron chi connectivity index (χ0n) is 11.1. The van der Waals surface area contributed by atoms with Gasteiger partial charge in [0.1, 0.15) is 0 Å². The average Bonchev–Trinajstić information content (AvgIpc) is 2.38. The maximum atomic E-state index is 11.3. The highest BCUT2D eigenvalue weighted by Crippen LogP contribution is 2.20. The van der Waals surface area contributed by atoms with Gasteiger partial charge in [-0.2, -0.15) is 0 Å². The van der Waals surface area contributed by atoms with Crippen molar-refractivity contribution in [2.24, 2.45) is 0 Å². The van der Waals surface area contributed by atoms with Crippen LogP contribution in [-0.4, -0.2) is 25.5 Å². The predicted octanol–water partition coefficient (Wildman–Crippen LogP) is 3.04. The Labute approximate surface area is 124 Å². The van der Waals surface area contributed by atoms with E-state index in [2.05, 4.69) is 10.6 Å². The van der Waals surface area contributed by atoms with E-state index in [1.165, 1.54) is 0 Å². The van der Waals surface area contributed by atoms with Gasteiger partial charge in [0.25, 0.3) is 0 Å². The largest absolute Gasteiger partial charge is 0.356 e. The molecule has 106 valence electrons. The van der Waals surface area contributed by atoms with Crippen molar-refractivity contribution in [1.82, 2.24) is 10.6 Å². The smallest absolute Gasteiger partial charge is 0.221 e. The van der Waals surface area contributed by atoms with Gasteiger partial charge in [-0.1, -0.05) is 36.2 Å². The van der Waals surface area contributed by atoms with Crippen molar-refractivity contribution in [3.63, 3.8) is 0 Å². The van der Waals surface area contributed by atoms with Crippen molar-refractivity contribution in [1.29, 1.82) is 0 Å². The summed E-state index contributed by atoms with van der Waals surface area (Å²) >= 11 is 11.9. The number of carbonyl (C=O) groups is 1. The van der Waals surface area contributed by atoms with Crippen LogP contribution in [0.5, 0.6) is 0 Å². The van der Waals surface area contributed by atoms with E-state index in [0.717, 1.165) is 31.5 Å². The van der Waals surface area contributed by atoms with Crippen LogP contribution in [0.4, 0.5) is 0 Å². The van der Waals surface area contributed by atoms with Gasteiger partial charge in [-0.25, -0.2) is 0 Å². The Hall–Kier alpha value is -0.770. The predicted molar refractivity (Wildman–Crippen MR) is 81.0 cm³/mol. The Morgan fingerprint density at radius 1 is 1.21 bits per heavy atom. The number of rotatable bonds is 8. The number of hydrogen-bond acceptors (Lipinski definition) is 2. The number of hydrogen-bond donors (Lipinski definition) is 2. The molecule has 0 aliphatic heterocycles. The van der Waals surface area contributed by atoms with E-state index in [1.54, 1.807) is 6.07 Å². The van der Waals surface area contributed by atoms with E-state index in [9.17, 15) is 4.79 Å². The van der Waals surface area contributed by atoms with E-state index < -0.39 is 0 Å². The molecule has 0 saturated heterocycles. The van der Waals surface area contributed by atoms with E-state index >= 15 is 0 Å². The number of amides is 1. The molecule has 1 rings (SSSR count). The average molecular weight is 303 g/mol. The van der Waals surface area contributed by atoms with Crippen molar-refractivity contribution in [2.45, 2.75) is 26.2 Å². The summed E-state index contributed by atoms with van der Waals surface area (Å²) in [7, 11) is 0. The molecule has 5 heteroatoms. The third kappa shape index (κ3) is 6.81. The second-order valence-electron chi connectivity index (χ2n) is 4.34. The number of nitrogens with one attached hydrogen (secondary N) is 2. The molecule has 1 aromatic carbocycles. The van der Waals surface area contributed by atoms with E-state index in [0.29, 0.717) is 23.0 Å². The van der Waals surface area contributed by atoms with Crippen molar-refractivity contribution in [3.05, 3.63) is 33.8 Å². The Bertz CT molecular complexity index is 410. The zero-order valence-corrected chi connectivity index (χ0v) is 12.7. The second kappa shape index (κ2) is 9.18. The Balaban J connectivity index is 2.15. The second-order valence-corrected chi connectivity index (χ2v) is 5.18. The third-order valence-electron chi connectivity index (χ3n) is 2.69. The molecule has 0 spiro atoms. The minimum Gasteiger partial charge on any atom is -0.356 e. The van der Waals surface area contributed by atoms with Crippen molar-refractivity contribution < 1.29 is 4.79 Å². The van der Waals surface area contributed by atoms with Crippen LogP contribution in [-0.2, 0) is 11.2 Å². The molecule has 0 heterocycles. The van der Waals surface area contributed by atoms with Gasteiger partial charge < -0.3 is 10.6 Å². The first-order chi connectivity index (χ1) is 9.13. The molecule has 3 nitrogen and oxygen atoms in total. The topological polar surface area (TPSA) is 41.1 Å². The van der Waals surface area contributed by atoms with Gasteiger partial charge in [0.05, 0.1) is 0 Å². The summed E-state index contributed by atoms with van der Waals surface area (Å²) in [5.74, 6) is 0.0962. The molecule has 0 unspecified atom stereocenters. The molecular weight excluding hydrogens is 283 g/mol. The lowest BCUT2D eigenvalue weighted by Gasteiger charge is -2.07. The van der Waals surface area contributed by atoms with Crippen LogP contribution in [0.15, 0.2) is 18.2 Å². The van der Waals surface area contributed by atoms with Gasteiger partial charge in [-0.05, 0) is 37.1 Å². The van der Waals surface area contributed by atoms with Crippen LogP contribution in [0.1, 0.15) is 25.3 Å². The first kappa shape index (κ1) is 16.3. The lowest BCUT2D eigenvalue weighted by atomic mass is 10.1. The maximum Gasteiger partial charge on any atom is 0.221 e. The van der Waals surface area contributed by atoms with Gasteiger partial charge in [-0.15, -0.1) is 0 Å². The fourth-order valence-corrected chi connectivity index (χ4v) is 2.13. The lowest BCUT2D eigenvalue weighted by Crippen LogP contribution is -2.28. The summed E-state index contributed by atoms with van der Waals surface area (Å²) in [4.78, 5) is 11.3. The van der Waals surface area contributed by atoms with Gasteiger partial charge in [0, 0.05) is 29.6 Å². The summed E-state index contributed by atoms with van der Waals surface area (Å²) in [5, 5.41) is 7.41. The molecule has 2 N–H and O–H groups in total. The Morgan fingerprint density at radius 3 is 2.68 bits per heavy atom. The van der Waals surface area contributed by atoms with Gasteiger partial charge in [0.2, 0.25) is 5.91 Å². The normalized spacial score (nSPS) is 10.5. The van der Waals surface area contributed by atoms with Crippen LogP contribution in [0.25, 0.3) is 0 Å². The van der Waals surface area contributed by atoms with Crippen LogP contribution in [0, 0.1) is 0 Å². The van der Waals surface area contributed by atoms with Crippen LogP contribution in [0.2, 0.25) is 10.0 Å². The van der Waals surface area contributed by atoms with E-state index in [4.69, 9.17) is 23.2 Å². The molecule has 1 amide bonds. The molecule has 0 aliphatic rings. The van der Waals surface area contributed by atoms with Crippen molar-refractivity contribution >= 4 is 29.1 Å². The molecule has 0 aromatic heterocycles. The first-order valence-electron chi connectivity index (χ1n) is 6.54. The Morgan fingerprint density at radius 2 is 2.00 bits per heavy atom. The minimum atomic E-state index is 0.0962. The first-order valence-corrected chi connectivity index (χ1v) is 7.30. The number of benzene rings is 1. The highest BCUT2D eigenvalue weighted by atomic mass is 35.5. The lowest BCUT2D eigenvalue weighted by molar-refractivity contribution is -0.120. The standard InChI is InChI=1S/C14H20Cl2N2O/c1-2-7-18-14(19)6-9-17-8-5-11-3-4-12(15)10-13(11)16/h3-4,10,17H,2,5-9H2,1H3,(H,18,19). The fraction of sp³-hybridized carbons (Fsp3) is 0.500. The summed E-state index contributed by atoms with van der Waals surface area (Å²) in [6, 6.07) is 5.51. The summed E-state index contributed by atoms with van der Waals surface area (Å²) in [5.41, 5.74) is 1.06. The quantitative estimate of drug-likeness (QED) is 0.725. The molecule has 19 heavy (non-hydrogen) atoms. The van der Waals surface area contributed by atoms with Gasteiger partial charge in [0.15, 0.2) is 0 Å². The highest BCUT2D eigenvalue weighted by molar-refractivity contribution is 6.35. The van der Waals surface area contributed by atoms with E-state index in [1.807, 2.05) is 19.1 Å². The highest BCUT2D eigenvalue weighted by Gasteiger charge is 2.02. The van der Waals surface area contributed by atoms with Crippen LogP contribution >= 0.6 is 23.2 Å². The fourth-order valence-electron chi connectivity index (χ4n) is 1.63. The summed E-state index contributed by atoms with van der Waals surface area (Å²) in [6.45, 7) is 4.26. The zero-order chi connectivity index (χ0) is 14.1. The molecule has 0 aliphatic carbocycles. The summed E-state index contributed by atoms with van der Waals surface area (Å²) < 4.78 is 0. The number of carbonyl (C=O) groups excluding carboxylic acids is 1. The monoisotopic (exact) mass is 302 g/mol. The molecular formula is C14H20Cl2N2O. The molecule has 0 saturated carbocycles. The molecule has 0 radical (unpaired) electrons. The molecule has 0 fully saturated rings. The Kier molecular flexibility index (Phi) is 7.87. The van der Waals surface area contributed by atoms with Gasteiger partial charge >= 0.3 is 0 Å². The van der Waals surface area contributed by atoms with Gasteiger partial charge in [-0.3, -0.25) is 4.79 Å². The molecule has 0 bridgehead atoms. The van der Waals surface area contributed by atoms with Crippen molar-refractivity contribution in [3.8, 4) is 0 Å². The summed E-state index contributed by atoms with van der Waals surface area (Å²) in [6.07, 6.45) is 2.30. The SMILES string of the molecule is CCCNC(=O)CCNCCc1ccc(Cl)cc1Cl. The molecule has 1 aromatic rings. The van der Waals surface area contributed by atoms with Crippen molar-refractivity contribution in [2.75, 3.05) is 19.6 Å². The van der Waals surface area contributed by atoms with Crippen LogP contribution < -0.4 is 10.6 Å².